The molecule has 0 atom stereocenters. The van der Waals surface area contributed by atoms with Crippen LogP contribution in [-0.2, 0) is 0 Å². The number of pyridine rings is 1. The summed E-state index contributed by atoms with van der Waals surface area (Å²) >= 11 is 5.90. The molecule has 2 aromatic heterocycles. The molecule has 3 aromatic rings. The van der Waals surface area contributed by atoms with Crippen molar-refractivity contribution < 1.29 is 0 Å². The Hall–Kier alpha value is -2.20. The largest absolute Gasteiger partial charge is 0.305 e. The second-order valence-corrected chi connectivity index (χ2v) is 4.23. The highest BCUT2D eigenvalue weighted by molar-refractivity contribution is 6.31. The van der Waals surface area contributed by atoms with Gasteiger partial charge in [-0.3, -0.25) is 9.78 Å². The third-order valence-electron chi connectivity index (χ3n) is 2.58. The SMILES string of the molecule is O=c1[nH]c(-c2ccccn2)nc2cc(Cl)ccc12. The molecule has 0 radical (unpaired) electrons. The maximum Gasteiger partial charge on any atom is 0.259 e. The zero-order chi connectivity index (χ0) is 12.5. The monoisotopic (exact) mass is 257 g/mol. The second-order valence-electron chi connectivity index (χ2n) is 3.79. The number of hydrogen-bond donors (Lipinski definition) is 1. The van der Waals surface area contributed by atoms with Crippen molar-refractivity contribution in [3.8, 4) is 11.5 Å². The van der Waals surface area contributed by atoms with E-state index < -0.39 is 0 Å². The van der Waals surface area contributed by atoms with Crippen LogP contribution in [0.15, 0.2) is 47.4 Å². The molecule has 0 saturated carbocycles. The number of rotatable bonds is 1. The highest BCUT2D eigenvalue weighted by Gasteiger charge is 2.06. The van der Waals surface area contributed by atoms with Crippen molar-refractivity contribution in [2.45, 2.75) is 0 Å². The Kier molecular flexibility index (Phi) is 2.57. The molecule has 0 spiro atoms. The van der Waals surface area contributed by atoms with Gasteiger partial charge < -0.3 is 4.98 Å². The first-order chi connectivity index (χ1) is 8.74. The number of H-pyrrole nitrogens is 1. The molecule has 4 nitrogen and oxygen atoms in total. The molecule has 0 aliphatic rings. The third kappa shape index (κ3) is 1.87. The first-order valence-electron chi connectivity index (χ1n) is 5.35. The zero-order valence-electron chi connectivity index (χ0n) is 9.22. The molecule has 0 bridgehead atoms. The summed E-state index contributed by atoms with van der Waals surface area (Å²) in [6.07, 6.45) is 1.65. The second kappa shape index (κ2) is 4.23. The van der Waals surface area contributed by atoms with Crippen LogP contribution in [0, 0.1) is 0 Å². The van der Waals surface area contributed by atoms with E-state index >= 15 is 0 Å². The van der Waals surface area contributed by atoms with Crippen molar-refractivity contribution >= 4 is 22.5 Å². The first-order valence-corrected chi connectivity index (χ1v) is 5.73. The summed E-state index contributed by atoms with van der Waals surface area (Å²) in [4.78, 5) is 23.1. The summed E-state index contributed by atoms with van der Waals surface area (Å²) < 4.78 is 0. The first kappa shape index (κ1) is 10.9. The van der Waals surface area contributed by atoms with Crippen LogP contribution in [0.3, 0.4) is 0 Å². The molecule has 0 unspecified atom stereocenters. The Morgan fingerprint density at radius 2 is 2.06 bits per heavy atom. The molecule has 1 N–H and O–H groups in total. The lowest BCUT2D eigenvalue weighted by Gasteiger charge is -2.02. The Morgan fingerprint density at radius 1 is 1.17 bits per heavy atom. The molecule has 1 aromatic carbocycles. The van der Waals surface area contributed by atoms with Crippen LogP contribution in [0.4, 0.5) is 0 Å². The minimum absolute atomic E-state index is 0.197. The number of nitrogens with zero attached hydrogens (tertiary/aromatic N) is 2. The van der Waals surface area contributed by atoms with Gasteiger partial charge in [-0.25, -0.2) is 4.98 Å². The predicted molar refractivity (Wildman–Crippen MR) is 70.6 cm³/mol. The van der Waals surface area contributed by atoms with E-state index in [1.54, 1.807) is 36.5 Å². The number of aromatic amines is 1. The van der Waals surface area contributed by atoms with E-state index in [-0.39, 0.29) is 5.56 Å². The van der Waals surface area contributed by atoms with Crippen molar-refractivity contribution in [2.75, 3.05) is 0 Å². The number of hydrogen-bond acceptors (Lipinski definition) is 3. The molecule has 0 saturated heterocycles. The minimum atomic E-state index is -0.197. The number of fused-ring (bicyclic) bond motifs is 1. The Labute approximate surface area is 107 Å². The van der Waals surface area contributed by atoms with Crippen LogP contribution in [0.25, 0.3) is 22.4 Å². The van der Waals surface area contributed by atoms with Gasteiger partial charge in [-0.05, 0) is 30.3 Å². The number of halogens is 1. The number of benzene rings is 1. The van der Waals surface area contributed by atoms with Gasteiger partial charge in [0.05, 0.1) is 10.9 Å². The van der Waals surface area contributed by atoms with Gasteiger partial charge in [0, 0.05) is 11.2 Å². The van der Waals surface area contributed by atoms with Gasteiger partial charge in [0.1, 0.15) is 5.69 Å². The van der Waals surface area contributed by atoms with E-state index in [1.807, 2.05) is 6.07 Å². The Bertz CT molecular complexity index is 768. The van der Waals surface area contributed by atoms with Crippen molar-refractivity contribution in [2.24, 2.45) is 0 Å². The molecule has 0 fully saturated rings. The fourth-order valence-electron chi connectivity index (χ4n) is 1.74. The van der Waals surface area contributed by atoms with Crippen LogP contribution in [0.5, 0.6) is 0 Å². The molecule has 0 aliphatic carbocycles. The summed E-state index contributed by atoms with van der Waals surface area (Å²) in [5, 5.41) is 1.06. The average Bonchev–Trinajstić information content (AvgIpc) is 2.39. The molecule has 5 heteroatoms. The topological polar surface area (TPSA) is 58.6 Å². The van der Waals surface area contributed by atoms with E-state index in [0.717, 1.165) is 0 Å². The van der Waals surface area contributed by atoms with Crippen LogP contribution < -0.4 is 5.56 Å². The van der Waals surface area contributed by atoms with Gasteiger partial charge in [-0.2, -0.15) is 0 Å². The smallest absolute Gasteiger partial charge is 0.259 e. The minimum Gasteiger partial charge on any atom is -0.305 e. The van der Waals surface area contributed by atoms with Crippen LogP contribution in [-0.4, -0.2) is 15.0 Å². The van der Waals surface area contributed by atoms with Crippen molar-refractivity contribution in [1.82, 2.24) is 15.0 Å². The predicted octanol–water partition coefficient (Wildman–Crippen LogP) is 2.64. The summed E-state index contributed by atoms with van der Waals surface area (Å²) in [7, 11) is 0. The molecule has 3 rings (SSSR count). The van der Waals surface area contributed by atoms with Gasteiger partial charge in [0.25, 0.3) is 5.56 Å². The number of nitrogens with one attached hydrogen (secondary N) is 1. The van der Waals surface area contributed by atoms with Gasteiger partial charge in [0.15, 0.2) is 5.82 Å². The van der Waals surface area contributed by atoms with Gasteiger partial charge >= 0.3 is 0 Å². The lowest BCUT2D eigenvalue weighted by molar-refractivity contribution is 1.14. The molecule has 88 valence electrons. The van der Waals surface area contributed by atoms with Crippen LogP contribution in [0.2, 0.25) is 5.02 Å². The molecule has 2 heterocycles. The van der Waals surface area contributed by atoms with Crippen molar-refractivity contribution in [3.63, 3.8) is 0 Å². The lowest BCUT2D eigenvalue weighted by atomic mass is 10.2. The molecular weight excluding hydrogens is 250 g/mol. The standard InChI is InChI=1S/C13H8ClN3O/c14-8-4-5-9-11(7-8)16-12(17-13(9)18)10-3-1-2-6-15-10/h1-7H,(H,16,17,18). The fraction of sp³-hybridized carbons (Fsp3) is 0. The van der Waals surface area contributed by atoms with Gasteiger partial charge in [-0.1, -0.05) is 17.7 Å². The van der Waals surface area contributed by atoms with Crippen LogP contribution >= 0.6 is 11.6 Å². The maximum absolute atomic E-state index is 11.9. The highest BCUT2D eigenvalue weighted by Crippen LogP contribution is 2.17. The highest BCUT2D eigenvalue weighted by atomic mass is 35.5. The van der Waals surface area contributed by atoms with E-state index in [1.165, 1.54) is 0 Å². The fourth-order valence-corrected chi connectivity index (χ4v) is 1.90. The van der Waals surface area contributed by atoms with Gasteiger partial charge in [0.2, 0.25) is 0 Å². The lowest BCUT2D eigenvalue weighted by Crippen LogP contribution is -2.09. The Morgan fingerprint density at radius 3 is 2.83 bits per heavy atom. The van der Waals surface area contributed by atoms with Crippen LogP contribution in [0.1, 0.15) is 0 Å². The van der Waals surface area contributed by atoms with Crippen molar-refractivity contribution in [1.29, 1.82) is 0 Å². The summed E-state index contributed by atoms with van der Waals surface area (Å²) in [5.41, 5.74) is 0.987. The summed E-state index contributed by atoms with van der Waals surface area (Å²) in [6.45, 7) is 0. The molecule has 18 heavy (non-hydrogen) atoms. The van der Waals surface area contributed by atoms with Crippen molar-refractivity contribution in [3.05, 3.63) is 58.0 Å². The zero-order valence-corrected chi connectivity index (χ0v) is 9.98. The summed E-state index contributed by atoms with van der Waals surface area (Å²) in [5.74, 6) is 0.440. The third-order valence-corrected chi connectivity index (χ3v) is 2.81. The average molecular weight is 258 g/mol. The van der Waals surface area contributed by atoms with E-state index in [2.05, 4.69) is 15.0 Å². The summed E-state index contributed by atoms with van der Waals surface area (Å²) in [6, 6.07) is 10.4. The quantitative estimate of drug-likeness (QED) is 0.729. The van der Waals surface area contributed by atoms with E-state index in [0.29, 0.717) is 27.4 Å². The molecule has 0 aliphatic heterocycles. The molecule has 0 amide bonds. The normalized spacial score (nSPS) is 10.7. The molecular formula is C13H8ClN3O. The number of aromatic nitrogens is 3. The van der Waals surface area contributed by atoms with E-state index in [9.17, 15) is 4.79 Å². The van der Waals surface area contributed by atoms with E-state index in [4.69, 9.17) is 11.6 Å². The maximum atomic E-state index is 11.9. The van der Waals surface area contributed by atoms with Gasteiger partial charge in [-0.15, -0.1) is 0 Å². The Balaban J connectivity index is 2.30.